The van der Waals surface area contributed by atoms with Crippen LogP contribution in [0.15, 0.2) is 23.0 Å². The highest BCUT2D eigenvalue weighted by Crippen LogP contribution is 2.26. The molecule has 0 saturated carbocycles. The first kappa shape index (κ1) is 18.2. The molecule has 1 aromatic heterocycles. The second-order valence-electron chi connectivity index (χ2n) is 4.70. The van der Waals surface area contributed by atoms with Crippen LogP contribution in [0.3, 0.4) is 0 Å². The van der Waals surface area contributed by atoms with Crippen LogP contribution in [-0.2, 0) is 20.9 Å². The zero-order chi connectivity index (χ0) is 18.6. The third kappa shape index (κ3) is 3.53. The molecule has 0 aliphatic heterocycles. The molecule has 0 atom stereocenters. The van der Waals surface area contributed by atoms with E-state index in [1.54, 1.807) is 0 Å². The topological polar surface area (TPSA) is 99.5 Å². The van der Waals surface area contributed by atoms with Gasteiger partial charge in [-0.05, 0) is 18.2 Å². The molecule has 0 radical (unpaired) electrons. The minimum atomic E-state index is -1.21. The zero-order valence-corrected chi connectivity index (χ0v) is 13.2. The first-order chi connectivity index (χ1) is 11.9. The Morgan fingerprint density at radius 2 is 2.04 bits per heavy atom. The Bertz CT molecular complexity index is 882. The van der Waals surface area contributed by atoms with Gasteiger partial charge in [0.05, 0.1) is 25.1 Å². The summed E-state index contributed by atoms with van der Waals surface area (Å²) >= 11 is 0. The van der Waals surface area contributed by atoms with Crippen LogP contribution in [-0.4, -0.2) is 36.3 Å². The molecule has 0 unspecified atom stereocenters. The van der Waals surface area contributed by atoms with E-state index in [4.69, 9.17) is 4.74 Å². The normalized spacial score (nSPS) is 10.4. The maximum atomic E-state index is 13.6. The summed E-state index contributed by atoms with van der Waals surface area (Å²) in [6.07, 6.45) is 0.170. The number of esters is 1. The molecule has 2 aromatic rings. The van der Waals surface area contributed by atoms with Crippen molar-refractivity contribution in [1.29, 1.82) is 0 Å². The van der Waals surface area contributed by atoms with E-state index in [0.29, 0.717) is 4.68 Å². The molecule has 0 aliphatic rings. The molecule has 0 bridgehead atoms. The lowest BCUT2D eigenvalue weighted by Gasteiger charge is -2.17. The van der Waals surface area contributed by atoms with Crippen molar-refractivity contribution in [3.05, 3.63) is 51.6 Å². The Hall–Kier alpha value is -3.14. The number of hydrogen-bond acceptors (Lipinski definition) is 6. The summed E-state index contributed by atoms with van der Waals surface area (Å²) in [5.41, 5.74) is 0.529. The molecule has 0 spiro atoms. The Morgan fingerprint density at radius 1 is 1.32 bits per heavy atom. The number of nitrogens with one attached hydrogen (secondary N) is 1. The van der Waals surface area contributed by atoms with E-state index in [0.717, 1.165) is 25.3 Å². The SMILES string of the molecule is COCc1nc(=O)n(NC=O)c(-c2ccc(F)c(F)c2)c1C(=O)OC. The lowest BCUT2D eigenvalue weighted by Crippen LogP contribution is -2.35. The number of rotatable bonds is 6. The van der Waals surface area contributed by atoms with Gasteiger partial charge in [0.25, 0.3) is 0 Å². The number of amides is 1. The average molecular weight is 353 g/mol. The Morgan fingerprint density at radius 3 is 2.60 bits per heavy atom. The zero-order valence-electron chi connectivity index (χ0n) is 13.2. The molecule has 10 heteroatoms. The number of nitrogens with zero attached hydrogens (tertiary/aromatic N) is 2. The number of hydrogen-bond donors (Lipinski definition) is 1. The molecule has 1 aromatic carbocycles. The molecular weight excluding hydrogens is 340 g/mol. The molecule has 0 fully saturated rings. The van der Waals surface area contributed by atoms with E-state index >= 15 is 0 Å². The molecule has 0 saturated heterocycles. The van der Waals surface area contributed by atoms with E-state index in [-0.39, 0.29) is 35.5 Å². The summed E-state index contributed by atoms with van der Waals surface area (Å²) in [6, 6.07) is 2.73. The van der Waals surface area contributed by atoms with Gasteiger partial charge in [0.1, 0.15) is 5.56 Å². The van der Waals surface area contributed by atoms with Crippen molar-refractivity contribution >= 4 is 12.4 Å². The number of aromatic nitrogens is 2. The van der Waals surface area contributed by atoms with E-state index < -0.39 is 23.3 Å². The van der Waals surface area contributed by atoms with Gasteiger partial charge in [-0.25, -0.2) is 18.4 Å². The van der Waals surface area contributed by atoms with Crippen molar-refractivity contribution in [3.63, 3.8) is 0 Å². The molecular formula is C15H13F2N3O5. The van der Waals surface area contributed by atoms with Gasteiger partial charge >= 0.3 is 11.7 Å². The van der Waals surface area contributed by atoms with Crippen LogP contribution in [0.4, 0.5) is 8.78 Å². The van der Waals surface area contributed by atoms with Gasteiger partial charge in [-0.15, -0.1) is 0 Å². The van der Waals surface area contributed by atoms with Crippen LogP contribution in [0.5, 0.6) is 0 Å². The minimum absolute atomic E-state index is 0.0505. The maximum Gasteiger partial charge on any atom is 0.367 e. The second-order valence-corrected chi connectivity index (χ2v) is 4.70. The van der Waals surface area contributed by atoms with Crippen LogP contribution < -0.4 is 11.1 Å². The number of carbonyl (C=O) groups is 2. The lowest BCUT2D eigenvalue weighted by atomic mass is 10.0. The van der Waals surface area contributed by atoms with E-state index in [9.17, 15) is 23.2 Å². The van der Waals surface area contributed by atoms with Gasteiger partial charge in [0.15, 0.2) is 11.6 Å². The summed E-state index contributed by atoms with van der Waals surface area (Å²) in [6.45, 7) is -0.224. The molecule has 25 heavy (non-hydrogen) atoms. The predicted molar refractivity (Wildman–Crippen MR) is 81.3 cm³/mol. The molecule has 8 nitrogen and oxygen atoms in total. The summed E-state index contributed by atoms with van der Waals surface area (Å²) < 4.78 is 37.1. The third-order valence-corrected chi connectivity index (χ3v) is 3.22. The third-order valence-electron chi connectivity index (χ3n) is 3.22. The van der Waals surface area contributed by atoms with Crippen molar-refractivity contribution in [2.75, 3.05) is 19.6 Å². The highest BCUT2D eigenvalue weighted by molar-refractivity contribution is 5.97. The second kappa shape index (κ2) is 7.62. The fourth-order valence-electron chi connectivity index (χ4n) is 2.21. The fraction of sp³-hybridized carbons (Fsp3) is 0.200. The van der Waals surface area contributed by atoms with E-state index in [2.05, 4.69) is 15.1 Å². The van der Waals surface area contributed by atoms with Gasteiger partial charge in [-0.1, -0.05) is 0 Å². The van der Waals surface area contributed by atoms with Crippen LogP contribution in [0.25, 0.3) is 11.3 Å². The first-order valence-electron chi connectivity index (χ1n) is 6.83. The molecule has 1 heterocycles. The highest BCUT2D eigenvalue weighted by Gasteiger charge is 2.25. The van der Waals surface area contributed by atoms with Crippen molar-refractivity contribution < 1.29 is 27.8 Å². The molecule has 1 amide bonds. The van der Waals surface area contributed by atoms with Crippen molar-refractivity contribution in [2.24, 2.45) is 0 Å². The van der Waals surface area contributed by atoms with Crippen molar-refractivity contribution in [3.8, 4) is 11.3 Å². The first-order valence-corrected chi connectivity index (χ1v) is 6.83. The monoisotopic (exact) mass is 353 g/mol. The van der Waals surface area contributed by atoms with Crippen LogP contribution in [0.2, 0.25) is 0 Å². The summed E-state index contributed by atoms with van der Waals surface area (Å²) in [5.74, 6) is -3.23. The number of carbonyl (C=O) groups excluding carboxylic acids is 2. The Labute approximate surface area is 140 Å². The molecule has 2 rings (SSSR count). The fourth-order valence-corrected chi connectivity index (χ4v) is 2.21. The lowest BCUT2D eigenvalue weighted by molar-refractivity contribution is -0.106. The minimum Gasteiger partial charge on any atom is -0.465 e. The quantitative estimate of drug-likeness (QED) is 0.610. The van der Waals surface area contributed by atoms with E-state index in [1.807, 2.05) is 0 Å². The van der Waals surface area contributed by atoms with Crippen LogP contribution >= 0.6 is 0 Å². The Balaban J connectivity index is 2.92. The maximum absolute atomic E-state index is 13.6. The average Bonchev–Trinajstić information content (AvgIpc) is 2.59. The number of benzene rings is 1. The summed E-state index contributed by atoms with van der Waals surface area (Å²) in [7, 11) is 2.41. The molecule has 0 aliphatic carbocycles. The number of methoxy groups -OCH3 is 2. The predicted octanol–water partition coefficient (Wildman–Crippen LogP) is 0.821. The van der Waals surface area contributed by atoms with Crippen molar-refractivity contribution in [1.82, 2.24) is 9.66 Å². The summed E-state index contributed by atoms with van der Waals surface area (Å²) in [5, 5.41) is 0. The summed E-state index contributed by atoms with van der Waals surface area (Å²) in [4.78, 5) is 38.9. The van der Waals surface area contributed by atoms with Gasteiger partial charge in [0.2, 0.25) is 6.41 Å². The van der Waals surface area contributed by atoms with Crippen molar-refractivity contribution in [2.45, 2.75) is 6.61 Å². The van der Waals surface area contributed by atoms with Crippen LogP contribution in [0, 0.1) is 11.6 Å². The van der Waals surface area contributed by atoms with Gasteiger partial charge < -0.3 is 9.47 Å². The standard InChI is InChI=1S/C15H13F2N3O5/c1-24-6-11-12(14(22)25-2)13(20(18-7-21)15(23)19-11)8-3-4-9(16)10(17)5-8/h3-5,7H,6H2,1-2H3,(H,18,21). The number of halogens is 2. The smallest absolute Gasteiger partial charge is 0.367 e. The molecule has 1 N–H and O–H groups in total. The molecule has 132 valence electrons. The Kier molecular flexibility index (Phi) is 5.55. The highest BCUT2D eigenvalue weighted by atomic mass is 19.2. The van der Waals surface area contributed by atoms with Gasteiger partial charge in [0, 0.05) is 12.7 Å². The van der Waals surface area contributed by atoms with E-state index in [1.165, 1.54) is 7.11 Å². The van der Waals surface area contributed by atoms with Crippen LogP contribution in [0.1, 0.15) is 16.1 Å². The largest absolute Gasteiger partial charge is 0.465 e. The van der Waals surface area contributed by atoms with Gasteiger partial charge in [-0.2, -0.15) is 9.66 Å². The van der Waals surface area contributed by atoms with Gasteiger partial charge in [-0.3, -0.25) is 10.2 Å². The number of ether oxygens (including phenoxy) is 2.